The zero-order chi connectivity index (χ0) is 25.3. The Labute approximate surface area is 218 Å². The van der Waals surface area contributed by atoms with Crippen LogP contribution in [0.25, 0.3) is 28.0 Å². The average molecular weight is 517 g/mol. The van der Waals surface area contributed by atoms with E-state index in [0.717, 1.165) is 22.2 Å². The van der Waals surface area contributed by atoms with Gasteiger partial charge in [0.1, 0.15) is 0 Å². The Bertz CT molecular complexity index is 1520. The Hall–Kier alpha value is -3.62. The number of benzene rings is 3. The number of hydrogen-bond donors (Lipinski definition) is 2. The Morgan fingerprint density at radius 3 is 2.50 bits per heavy atom. The highest BCUT2D eigenvalue weighted by molar-refractivity contribution is 7.99. The number of rotatable bonds is 6. The predicted molar refractivity (Wildman–Crippen MR) is 146 cm³/mol. The molecular weight excluding hydrogens is 492 g/mol. The molecule has 0 unspecified atom stereocenters. The third kappa shape index (κ3) is 5.15. The summed E-state index contributed by atoms with van der Waals surface area (Å²) >= 11 is 7.46. The number of H-pyrrole nitrogens is 1. The van der Waals surface area contributed by atoms with Crippen molar-refractivity contribution in [3.05, 3.63) is 83.5 Å². The zero-order valence-corrected chi connectivity index (χ0v) is 21.7. The van der Waals surface area contributed by atoms with Gasteiger partial charge in [-0.3, -0.25) is 14.5 Å². The van der Waals surface area contributed by atoms with E-state index < -0.39 is 0 Å². The molecule has 0 bridgehead atoms. The molecule has 5 aromatic rings. The first-order valence-electron chi connectivity index (χ1n) is 11.5. The van der Waals surface area contributed by atoms with Crippen molar-refractivity contribution in [2.75, 3.05) is 11.1 Å². The van der Waals surface area contributed by atoms with Crippen LogP contribution in [0, 0.1) is 0 Å². The van der Waals surface area contributed by atoms with Crippen LogP contribution in [0.3, 0.4) is 0 Å². The average Bonchev–Trinajstić information content (AvgIpc) is 3.49. The van der Waals surface area contributed by atoms with Gasteiger partial charge >= 0.3 is 0 Å². The van der Waals surface area contributed by atoms with Gasteiger partial charge in [-0.15, -0.1) is 10.2 Å². The van der Waals surface area contributed by atoms with E-state index in [2.05, 4.69) is 70.7 Å². The minimum Gasteiger partial charge on any atom is -0.325 e. The van der Waals surface area contributed by atoms with Crippen molar-refractivity contribution in [2.45, 2.75) is 31.3 Å². The second-order valence-electron chi connectivity index (χ2n) is 9.45. The first-order valence-corrected chi connectivity index (χ1v) is 12.8. The molecule has 0 aliphatic heterocycles. The van der Waals surface area contributed by atoms with Gasteiger partial charge in [0.15, 0.2) is 11.0 Å². The third-order valence-corrected chi connectivity index (χ3v) is 6.97. The molecule has 1 amide bonds. The van der Waals surface area contributed by atoms with E-state index in [-0.39, 0.29) is 17.1 Å². The number of nitrogens with one attached hydrogen (secondary N) is 2. The third-order valence-electron chi connectivity index (χ3n) is 5.79. The Kier molecular flexibility index (Phi) is 6.55. The highest BCUT2D eigenvalue weighted by atomic mass is 35.5. The fourth-order valence-electron chi connectivity index (χ4n) is 3.83. The lowest BCUT2D eigenvalue weighted by Gasteiger charge is -2.19. The van der Waals surface area contributed by atoms with Crippen molar-refractivity contribution in [1.82, 2.24) is 25.0 Å². The molecule has 0 aliphatic carbocycles. The molecule has 0 atom stereocenters. The molecule has 0 saturated carbocycles. The Morgan fingerprint density at radius 2 is 1.78 bits per heavy atom. The van der Waals surface area contributed by atoms with Crippen molar-refractivity contribution < 1.29 is 4.79 Å². The summed E-state index contributed by atoms with van der Waals surface area (Å²) in [7, 11) is 0. The highest BCUT2D eigenvalue weighted by Gasteiger charge is 2.19. The minimum atomic E-state index is -0.138. The quantitative estimate of drug-likeness (QED) is 0.252. The fraction of sp³-hybridized carbons (Fsp3) is 0.185. The maximum atomic E-state index is 12.7. The van der Waals surface area contributed by atoms with Crippen LogP contribution in [0.15, 0.2) is 78.1 Å². The van der Waals surface area contributed by atoms with E-state index in [1.165, 1.54) is 17.3 Å². The van der Waals surface area contributed by atoms with Crippen LogP contribution < -0.4 is 5.32 Å². The van der Waals surface area contributed by atoms with Crippen LogP contribution >= 0.6 is 23.4 Å². The first-order chi connectivity index (χ1) is 17.3. The predicted octanol–water partition coefficient (Wildman–Crippen LogP) is 6.49. The summed E-state index contributed by atoms with van der Waals surface area (Å²) < 4.78 is 1.96. The lowest BCUT2D eigenvalue weighted by molar-refractivity contribution is -0.113. The smallest absolute Gasteiger partial charge is 0.234 e. The number of halogens is 1. The van der Waals surface area contributed by atoms with Gasteiger partial charge in [0.25, 0.3) is 0 Å². The lowest BCUT2D eigenvalue weighted by atomic mass is 9.87. The molecule has 36 heavy (non-hydrogen) atoms. The standard InChI is InChI=1S/C27H25ClN6OS/c1-27(2,3)19-7-4-17(5-8-19)25-32-33-26(34(25)22-12-9-20(28)10-13-22)36-16-24(35)30-21-11-6-18-15-29-31-23(18)14-21/h4-15H,16H2,1-3H3,(H,29,31)(H,30,35). The Balaban J connectivity index is 1.40. The van der Waals surface area contributed by atoms with Gasteiger partial charge in [-0.05, 0) is 53.4 Å². The van der Waals surface area contributed by atoms with Crippen LogP contribution in [0.2, 0.25) is 5.02 Å². The van der Waals surface area contributed by atoms with Crippen LogP contribution in [0.4, 0.5) is 5.69 Å². The number of carbonyl (C=O) groups excluding carboxylic acids is 1. The van der Waals surface area contributed by atoms with Gasteiger partial charge in [0, 0.05) is 27.3 Å². The summed E-state index contributed by atoms with van der Waals surface area (Å²) in [5, 5.41) is 21.0. The van der Waals surface area contributed by atoms with Gasteiger partial charge in [-0.2, -0.15) is 5.10 Å². The van der Waals surface area contributed by atoms with Crippen LogP contribution in [-0.4, -0.2) is 36.6 Å². The summed E-state index contributed by atoms with van der Waals surface area (Å²) in [5.41, 5.74) is 4.67. The van der Waals surface area contributed by atoms with E-state index in [9.17, 15) is 4.79 Å². The van der Waals surface area contributed by atoms with Crippen molar-refractivity contribution in [3.8, 4) is 17.1 Å². The molecule has 0 saturated heterocycles. The van der Waals surface area contributed by atoms with Gasteiger partial charge in [-0.25, -0.2) is 0 Å². The topological polar surface area (TPSA) is 88.5 Å². The van der Waals surface area contributed by atoms with Crippen molar-refractivity contribution >= 4 is 45.9 Å². The SMILES string of the molecule is CC(C)(C)c1ccc(-c2nnc(SCC(=O)Nc3ccc4cn[nH]c4c3)n2-c2ccc(Cl)cc2)cc1. The van der Waals surface area contributed by atoms with Crippen molar-refractivity contribution in [1.29, 1.82) is 0 Å². The maximum absolute atomic E-state index is 12.7. The fourth-order valence-corrected chi connectivity index (χ4v) is 4.71. The van der Waals surface area contributed by atoms with E-state index in [1.54, 1.807) is 6.20 Å². The van der Waals surface area contributed by atoms with Crippen molar-refractivity contribution in [2.24, 2.45) is 0 Å². The number of carbonyl (C=O) groups is 1. The summed E-state index contributed by atoms with van der Waals surface area (Å²) in [6.07, 6.45) is 1.74. The number of fused-ring (bicyclic) bond motifs is 1. The molecule has 2 aromatic heterocycles. The summed E-state index contributed by atoms with van der Waals surface area (Å²) in [5.74, 6) is 0.737. The molecule has 0 spiro atoms. The number of nitrogens with zero attached hydrogens (tertiary/aromatic N) is 4. The van der Waals surface area contributed by atoms with E-state index >= 15 is 0 Å². The van der Waals surface area contributed by atoms with Gasteiger partial charge in [-0.1, -0.05) is 68.4 Å². The number of aromatic amines is 1. The first kappa shape index (κ1) is 24.1. The van der Waals surface area contributed by atoms with Gasteiger partial charge < -0.3 is 5.32 Å². The minimum absolute atomic E-state index is 0.0542. The molecule has 3 aromatic carbocycles. The number of hydrogen-bond acceptors (Lipinski definition) is 5. The summed E-state index contributed by atoms with van der Waals surface area (Å²) in [6.45, 7) is 6.56. The molecule has 7 nitrogen and oxygen atoms in total. The van der Waals surface area contributed by atoms with Crippen LogP contribution in [-0.2, 0) is 10.2 Å². The molecule has 2 N–H and O–H groups in total. The maximum Gasteiger partial charge on any atom is 0.234 e. The zero-order valence-electron chi connectivity index (χ0n) is 20.1. The van der Waals surface area contributed by atoms with Crippen LogP contribution in [0.5, 0.6) is 0 Å². The molecule has 2 heterocycles. The van der Waals surface area contributed by atoms with E-state index in [4.69, 9.17) is 11.6 Å². The van der Waals surface area contributed by atoms with Gasteiger partial charge in [0.2, 0.25) is 5.91 Å². The Morgan fingerprint density at radius 1 is 1.03 bits per heavy atom. The molecule has 182 valence electrons. The van der Waals surface area contributed by atoms with E-state index in [1.807, 2.05) is 47.0 Å². The summed E-state index contributed by atoms with van der Waals surface area (Å²) in [6, 6.07) is 21.5. The number of amides is 1. The normalized spacial score (nSPS) is 11.7. The van der Waals surface area contributed by atoms with E-state index in [0.29, 0.717) is 21.7 Å². The van der Waals surface area contributed by atoms with Crippen LogP contribution in [0.1, 0.15) is 26.3 Å². The second kappa shape index (κ2) is 9.79. The molecule has 9 heteroatoms. The van der Waals surface area contributed by atoms with Gasteiger partial charge in [0.05, 0.1) is 17.5 Å². The number of thioether (sulfide) groups is 1. The molecule has 0 fully saturated rings. The number of aromatic nitrogens is 5. The monoisotopic (exact) mass is 516 g/mol. The summed E-state index contributed by atoms with van der Waals surface area (Å²) in [4.78, 5) is 12.7. The van der Waals surface area contributed by atoms with Crippen molar-refractivity contribution in [3.63, 3.8) is 0 Å². The molecule has 5 rings (SSSR count). The number of anilines is 1. The molecule has 0 radical (unpaired) electrons. The molecular formula is C27H25ClN6OS. The largest absolute Gasteiger partial charge is 0.325 e. The molecule has 0 aliphatic rings. The highest BCUT2D eigenvalue weighted by Crippen LogP contribution is 2.31. The second-order valence-corrected chi connectivity index (χ2v) is 10.8. The lowest BCUT2D eigenvalue weighted by Crippen LogP contribution is -2.14.